The Kier molecular flexibility index (Phi) is 6.44. The van der Waals surface area contributed by atoms with E-state index in [1.165, 1.54) is 5.56 Å². The number of urea groups is 1. The highest BCUT2D eigenvalue weighted by Gasteiger charge is 2.19. The smallest absolute Gasteiger partial charge is 0.321 e. The lowest BCUT2D eigenvalue weighted by atomic mass is 10.2. The number of ether oxygens (including phenoxy) is 2. The fourth-order valence-electron chi connectivity index (χ4n) is 2.84. The standard InChI is InChI=1S/C20H25N3O3/c1-16-15-23(11-5-12-25-16)20(24)22-18-8-9-19(21-14-18)26-13-10-17-6-3-2-4-7-17/h2-4,6-9,14,16H,5,10-13,15H2,1H3,(H,22,24). The fraction of sp³-hybridized carbons (Fsp3) is 0.400. The monoisotopic (exact) mass is 355 g/mol. The first kappa shape index (κ1) is 18.2. The van der Waals surface area contributed by atoms with Crippen molar-refractivity contribution in [3.05, 3.63) is 54.2 Å². The van der Waals surface area contributed by atoms with Crippen LogP contribution in [-0.2, 0) is 11.2 Å². The number of nitrogens with one attached hydrogen (secondary N) is 1. The molecule has 6 heteroatoms. The lowest BCUT2D eigenvalue weighted by Crippen LogP contribution is -2.38. The molecule has 1 fully saturated rings. The summed E-state index contributed by atoms with van der Waals surface area (Å²) in [4.78, 5) is 18.4. The van der Waals surface area contributed by atoms with Crippen LogP contribution < -0.4 is 10.1 Å². The van der Waals surface area contributed by atoms with E-state index in [-0.39, 0.29) is 12.1 Å². The van der Waals surface area contributed by atoms with Gasteiger partial charge in [0, 0.05) is 32.2 Å². The Morgan fingerprint density at radius 3 is 2.92 bits per heavy atom. The molecule has 6 nitrogen and oxygen atoms in total. The molecule has 3 rings (SSSR count). The number of pyridine rings is 1. The third-order valence-corrected chi connectivity index (χ3v) is 4.21. The zero-order valence-corrected chi connectivity index (χ0v) is 15.1. The van der Waals surface area contributed by atoms with E-state index in [0.717, 1.165) is 12.8 Å². The van der Waals surface area contributed by atoms with E-state index in [0.29, 0.717) is 37.9 Å². The SMILES string of the molecule is CC1CN(C(=O)Nc2ccc(OCCc3ccccc3)nc2)CCCO1. The number of carbonyl (C=O) groups excluding carboxylic acids is 1. The van der Waals surface area contributed by atoms with Crippen molar-refractivity contribution in [3.63, 3.8) is 0 Å². The van der Waals surface area contributed by atoms with Gasteiger partial charge in [-0.25, -0.2) is 9.78 Å². The van der Waals surface area contributed by atoms with Crippen LogP contribution in [0.1, 0.15) is 18.9 Å². The summed E-state index contributed by atoms with van der Waals surface area (Å²) >= 11 is 0. The van der Waals surface area contributed by atoms with Crippen LogP contribution in [0.25, 0.3) is 0 Å². The predicted molar refractivity (Wildman–Crippen MR) is 101 cm³/mol. The van der Waals surface area contributed by atoms with Gasteiger partial charge in [-0.3, -0.25) is 0 Å². The number of nitrogens with zero attached hydrogens (tertiary/aromatic N) is 2. The van der Waals surface area contributed by atoms with Crippen LogP contribution in [0.5, 0.6) is 5.88 Å². The molecule has 0 bridgehead atoms. The van der Waals surface area contributed by atoms with E-state index < -0.39 is 0 Å². The van der Waals surface area contributed by atoms with Gasteiger partial charge in [0.15, 0.2) is 0 Å². The Labute approximate surface area is 154 Å². The summed E-state index contributed by atoms with van der Waals surface area (Å²) in [6.07, 6.45) is 3.36. The Morgan fingerprint density at radius 1 is 1.31 bits per heavy atom. The molecule has 1 aliphatic rings. The Morgan fingerprint density at radius 2 is 2.15 bits per heavy atom. The summed E-state index contributed by atoms with van der Waals surface area (Å²) in [7, 11) is 0. The van der Waals surface area contributed by atoms with Crippen molar-refractivity contribution >= 4 is 11.7 Å². The molecule has 26 heavy (non-hydrogen) atoms. The molecular formula is C20H25N3O3. The van der Waals surface area contributed by atoms with Crippen LogP contribution in [0.2, 0.25) is 0 Å². The topological polar surface area (TPSA) is 63.7 Å². The highest BCUT2D eigenvalue weighted by molar-refractivity contribution is 5.89. The van der Waals surface area contributed by atoms with Crippen LogP contribution in [0.15, 0.2) is 48.7 Å². The van der Waals surface area contributed by atoms with Crippen molar-refractivity contribution < 1.29 is 14.3 Å². The fourth-order valence-corrected chi connectivity index (χ4v) is 2.84. The highest BCUT2D eigenvalue weighted by Crippen LogP contribution is 2.14. The first-order valence-corrected chi connectivity index (χ1v) is 9.01. The van der Waals surface area contributed by atoms with Crippen LogP contribution in [0.3, 0.4) is 0 Å². The predicted octanol–water partition coefficient (Wildman–Crippen LogP) is 3.35. The van der Waals surface area contributed by atoms with E-state index in [4.69, 9.17) is 9.47 Å². The van der Waals surface area contributed by atoms with E-state index in [2.05, 4.69) is 22.4 Å². The quantitative estimate of drug-likeness (QED) is 0.893. The summed E-state index contributed by atoms with van der Waals surface area (Å²) in [6.45, 7) is 4.54. The zero-order valence-electron chi connectivity index (χ0n) is 15.1. The largest absolute Gasteiger partial charge is 0.477 e. The maximum Gasteiger partial charge on any atom is 0.321 e. The molecule has 2 aromatic rings. The molecule has 0 saturated carbocycles. The molecule has 0 radical (unpaired) electrons. The minimum atomic E-state index is -0.123. The number of rotatable bonds is 5. The number of anilines is 1. The molecule has 2 amide bonds. The van der Waals surface area contributed by atoms with Gasteiger partial charge in [0.2, 0.25) is 5.88 Å². The average Bonchev–Trinajstić information content (AvgIpc) is 2.89. The Balaban J connectivity index is 1.47. The Hall–Kier alpha value is -2.60. The summed E-state index contributed by atoms with van der Waals surface area (Å²) in [5, 5.41) is 2.88. The number of aromatic nitrogens is 1. The normalized spacial score (nSPS) is 17.4. The second-order valence-electron chi connectivity index (χ2n) is 6.38. The van der Waals surface area contributed by atoms with Crippen molar-refractivity contribution in [1.82, 2.24) is 9.88 Å². The van der Waals surface area contributed by atoms with Gasteiger partial charge in [-0.1, -0.05) is 30.3 Å². The third-order valence-electron chi connectivity index (χ3n) is 4.21. The molecule has 2 heterocycles. The molecule has 1 aromatic heterocycles. The van der Waals surface area contributed by atoms with Gasteiger partial charge in [-0.15, -0.1) is 0 Å². The third kappa shape index (κ3) is 5.46. The van der Waals surface area contributed by atoms with Gasteiger partial charge in [-0.05, 0) is 25.0 Å². The second-order valence-corrected chi connectivity index (χ2v) is 6.38. The van der Waals surface area contributed by atoms with Crippen LogP contribution in [0.4, 0.5) is 10.5 Å². The lowest BCUT2D eigenvalue weighted by Gasteiger charge is -2.22. The summed E-state index contributed by atoms with van der Waals surface area (Å²) in [6, 6.07) is 13.6. The molecule has 1 N–H and O–H groups in total. The van der Waals surface area contributed by atoms with Crippen molar-refractivity contribution in [2.45, 2.75) is 25.9 Å². The minimum Gasteiger partial charge on any atom is -0.477 e. The van der Waals surface area contributed by atoms with E-state index in [1.807, 2.05) is 25.1 Å². The number of carbonyl (C=O) groups is 1. The number of amides is 2. The van der Waals surface area contributed by atoms with Gasteiger partial charge in [-0.2, -0.15) is 0 Å². The minimum absolute atomic E-state index is 0.0572. The van der Waals surface area contributed by atoms with Crippen molar-refractivity contribution in [1.29, 1.82) is 0 Å². The van der Waals surface area contributed by atoms with Crippen LogP contribution in [0, 0.1) is 0 Å². The molecular weight excluding hydrogens is 330 g/mol. The molecule has 1 aliphatic heterocycles. The Bertz CT molecular complexity index is 691. The molecule has 0 aliphatic carbocycles. The zero-order chi connectivity index (χ0) is 18.2. The van der Waals surface area contributed by atoms with Crippen molar-refractivity contribution in [2.75, 3.05) is 31.6 Å². The summed E-state index contributed by atoms with van der Waals surface area (Å²) < 4.78 is 11.2. The number of benzene rings is 1. The molecule has 138 valence electrons. The van der Waals surface area contributed by atoms with Crippen molar-refractivity contribution in [2.24, 2.45) is 0 Å². The van der Waals surface area contributed by atoms with E-state index in [1.54, 1.807) is 23.2 Å². The number of hydrogen-bond donors (Lipinski definition) is 1. The summed E-state index contributed by atoms with van der Waals surface area (Å²) in [5.41, 5.74) is 1.88. The summed E-state index contributed by atoms with van der Waals surface area (Å²) in [5.74, 6) is 0.552. The maximum absolute atomic E-state index is 12.4. The molecule has 1 saturated heterocycles. The maximum atomic E-state index is 12.4. The van der Waals surface area contributed by atoms with E-state index in [9.17, 15) is 4.79 Å². The first-order chi connectivity index (χ1) is 12.7. The number of hydrogen-bond acceptors (Lipinski definition) is 4. The molecule has 1 aromatic carbocycles. The highest BCUT2D eigenvalue weighted by atomic mass is 16.5. The lowest BCUT2D eigenvalue weighted by molar-refractivity contribution is 0.0718. The van der Waals surface area contributed by atoms with Crippen LogP contribution in [-0.4, -0.2) is 48.3 Å². The van der Waals surface area contributed by atoms with Gasteiger partial charge >= 0.3 is 6.03 Å². The molecule has 1 unspecified atom stereocenters. The van der Waals surface area contributed by atoms with E-state index >= 15 is 0 Å². The van der Waals surface area contributed by atoms with Gasteiger partial charge < -0.3 is 19.7 Å². The molecule has 1 atom stereocenters. The first-order valence-electron chi connectivity index (χ1n) is 9.01. The van der Waals surface area contributed by atoms with Crippen molar-refractivity contribution in [3.8, 4) is 5.88 Å². The van der Waals surface area contributed by atoms with Gasteiger partial charge in [0.25, 0.3) is 0 Å². The average molecular weight is 355 g/mol. The van der Waals surface area contributed by atoms with Crippen LogP contribution >= 0.6 is 0 Å². The molecule has 0 spiro atoms. The van der Waals surface area contributed by atoms with Gasteiger partial charge in [0.1, 0.15) is 0 Å². The van der Waals surface area contributed by atoms with Gasteiger partial charge in [0.05, 0.1) is 24.6 Å². The second kappa shape index (κ2) is 9.20.